The fraction of sp³-hybridized carbons (Fsp3) is 0.889. The Morgan fingerprint density at radius 3 is 2.71 bits per heavy atom. The van der Waals surface area contributed by atoms with E-state index in [4.69, 9.17) is 10.00 Å². The first-order valence-corrected chi connectivity index (χ1v) is 6.46. The number of nitrogens with zero attached hydrogens (tertiary/aromatic N) is 1. The topological polar surface area (TPSA) is 67.2 Å². The second kappa shape index (κ2) is 4.28. The normalized spacial score (nSPS) is 30.0. The van der Waals surface area contributed by atoms with Crippen molar-refractivity contribution in [1.82, 2.24) is 0 Å². The summed E-state index contributed by atoms with van der Waals surface area (Å²) in [6, 6.07) is 2.16. The van der Waals surface area contributed by atoms with E-state index in [1.165, 1.54) is 0 Å². The Balaban J connectivity index is 2.58. The lowest BCUT2D eigenvalue weighted by Crippen LogP contribution is -2.20. The summed E-state index contributed by atoms with van der Waals surface area (Å²) < 4.78 is 27.4. The molecule has 0 aromatic carbocycles. The molecule has 1 heterocycles. The molecule has 1 atom stereocenters. The van der Waals surface area contributed by atoms with E-state index in [1.807, 2.05) is 0 Å². The Morgan fingerprint density at radius 2 is 2.29 bits per heavy atom. The maximum atomic E-state index is 11.3. The van der Waals surface area contributed by atoms with Crippen LogP contribution in [0, 0.1) is 16.7 Å². The molecular formula is C9H15NO3S. The van der Waals surface area contributed by atoms with E-state index in [2.05, 4.69) is 6.07 Å². The maximum Gasteiger partial charge on any atom is 0.151 e. The maximum absolute atomic E-state index is 11.3. The fourth-order valence-corrected chi connectivity index (χ4v) is 3.85. The van der Waals surface area contributed by atoms with Gasteiger partial charge in [0, 0.05) is 13.7 Å². The van der Waals surface area contributed by atoms with Gasteiger partial charge in [0.25, 0.3) is 0 Å². The standard InChI is InChI=1S/C9H15NO3S/c1-13-5-2-3-9(7-10)4-6-14(11,12)8-9/h2-6,8H2,1H3. The molecule has 1 rings (SSSR count). The van der Waals surface area contributed by atoms with Gasteiger partial charge in [0.05, 0.1) is 23.0 Å². The third-order valence-electron chi connectivity index (χ3n) is 2.63. The number of hydrogen-bond acceptors (Lipinski definition) is 4. The van der Waals surface area contributed by atoms with Crippen LogP contribution in [-0.4, -0.2) is 33.6 Å². The first kappa shape index (κ1) is 11.5. The lowest BCUT2D eigenvalue weighted by molar-refractivity contribution is 0.182. The Kier molecular flexibility index (Phi) is 3.51. The molecule has 80 valence electrons. The molecule has 1 unspecified atom stereocenters. The van der Waals surface area contributed by atoms with Gasteiger partial charge in [-0.3, -0.25) is 0 Å². The monoisotopic (exact) mass is 217 g/mol. The van der Waals surface area contributed by atoms with Gasteiger partial charge in [-0.25, -0.2) is 8.42 Å². The highest BCUT2D eigenvalue weighted by molar-refractivity contribution is 7.91. The van der Waals surface area contributed by atoms with Crippen molar-refractivity contribution in [1.29, 1.82) is 5.26 Å². The lowest BCUT2D eigenvalue weighted by Gasteiger charge is -2.17. The van der Waals surface area contributed by atoms with E-state index >= 15 is 0 Å². The van der Waals surface area contributed by atoms with E-state index in [1.54, 1.807) is 7.11 Å². The average molecular weight is 217 g/mol. The summed E-state index contributed by atoms with van der Waals surface area (Å²) in [6.45, 7) is 0.587. The van der Waals surface area contributed by atoms with Crippen LogP contribution < -0.4 is 0 Å². The highest BCUT2D eigenvalue weighted by Crippen LogP contribution is 2.35. The van der Waals surface area contributed by atoms with Crippen LogP contribution in [0.3, 0.4) is 0 Å². The number of rotatable bonds is 4. The van der Waals surface area contributed by atoms with Crippen LogP contribution in [-0.2, 0) is 14.6 Å². The van der Waals surface area contributed by atoms with E-state index in [0.29, 0.717) is 19.4 Å². The summed E-state index contributed by atoms with van der Waals surface area (Å²) in [5.41, 5.74) is -0.642. The Hall–Kier alpha value is -0.600. The van der Waals surface area contributed by atoms with E-state index < -0.39 is 15.3 Å². The van der Waals surface area contributed by atoms with Gasteiger partial charge >= 0.3 is 0 Å². The molecule has 14 heavy (non-hydrogen) atoms. The largest absolute Gasteiger partial charge is 0.385 e. The molecule has 0 spiro atoms. The second-order valence-electron chi connectivity index (χ2n) is 3.83. The Bertz CT molecular complexity index is 330. The van der Waals surface area contributed by atoms with Crippen molar-refractivity contribution in [3.63, 3.8) is 0 Å². The van der Waals surface area contributed by atoms with E-state index in [0.717, 1.165) is 6.42 Å². The molecule has 0 amide bonds. The van der Waals surface area contributed by atoms with Gasteiger partial charge in [0.1, 0.15) is 0 Å². The Morgan fingerprint density at radius 1 is 1.57 bits per heavy atom. The first-order chi connectivity index (χ1) is 6.54. The molecule has 0 aromatic rings. The Labute approximate surface area is 84.8 Å². The van der Waals surface area contributed by atoms with E-state index in [9.17, 15) is 8.42 Å². The minimum Gasteiger partial charge on any atom is -0.385 e. The first-order valence-electron chi connectivity index (χ1n) is 4.64. The molecule has 4 nitrogen and oxygen atoms in total. The quantitative estimate of drug-likeness (QED) is 0.651. The van der Waals surface area contributed by atoms with E-state index in [-0.39, 0.29) is 11.5 Å². The minimum atomic E-state index is -2.97. The highest BCUT2D eigenvalue weighted by atomic mass is 32.2. The third-order valence-corrected chi connectivity index (χ3v) is 4.45. The zero-order valence-corrected chi connectivity index (χ0v) is 9.14. The molecule has 1 aliphatic heterocycles. The van der Waals surface area contributed by atoms with Crippen LogP contribution in [0.25, 0.3) is 0 Å². The summed E-state index contributed by atoms with van der Waals surface area (Å²) in [5, 5.41) is 8.99. The van der Waals surface area contributed by atoms with Crippen LogP contribution in [0.4, 0.5) is 0 Å². The number of ether oxygens (including phenoxy) is 1. The molecule has 1 saturated heterocycles. The smallest absolute Gasteiger partial charge is 0.151 e. The molecule has 0 N–H and O–H groups in total. The molecule has 1 aliphatic rings. The zero-order chi connectivity index (χ0) is 10.7. The average Bonchev–Trinajstić information content (AvgIpc) is 2.44. The van der Waals surface area contributed by atoms with Crippen molar-refractivity contribution in [3.8, 4) is 6.07 Å². The van der Waals surface area contributed by atoms with Crippen molar-refractivity contribution >= 4 is 9.84 Å². The van der Waals surface area contributed by atoms with Gasteiger partial charge in [-0.1, -0.05) is 0 Å². The SMILES string of the molecule is COCCCC1(C#N)CCS(=O)(=O)C1. The van der Waals surface area contributed by atoms with Crippen LogP contribution in [0.2, 0.25) is 0 Å². The van der Waals surface area contributed by atoms with Gasteiger partial charge in [0.15, 0.2) is 9.84 Å². The van der Waals surface area contributed by atoms with Crippen molar-refractivity contribution in [2.45, 2.75) is 19.3 Å². The fourth-order valence-electron chi connectivity index (χ4n) is 1.81. The summed E-state index contributed by atoms with van der Waals surface area (Å²) in [5.74, 6) is 0.188. The zero-order valence-electron chi connectivity index (χ0n) is 8.32. The van der Waals surface area contributed by atoms with Crippen LogP contribution >= 0.6 is 0 Å². The van der Waals surface area contributed by atoms with Gasteiger partial charge < -0.3 is 4.74 Å². The second-order valence-corrected chi connectivity index (χ2v) is 6.01. The van der Waals surface area contributed by atoms with Gasteiger partial charge in [-0.15, -0.1) is 0 Å². The summed E-state index contributed by atoms with van der Waals surface area (Å²) in [6.07, 6.45) is 1.85. The number of nitriles is 1. The summed E-state index contributed by atoms with van der Waals surface area (Å²) in [7, 11) is -1.36. The van der Waals surface area contributed by atoms with Crippen LogP contribution in [0.15, 0.2) is 0 Å². The number of sulfone groups is 1. The van der Waals surface area contributed by atoms with Gasteiger partial charge in [-0.05, 0) is 19.3 Å². The van der Waals surface area contributed by atoms with Gasteiger partial charge in [-0.2, -0.15) is 5.26 Å². The molecule has 0 bridgehead atoms. The number of methoxy groups -OCH3 is 1. The molecule has 5 heteroatoms. The van der Waals surface area contributed by atoms with Crippen molar-refractivity contribution < 1.29 is 13.2 Å². The third kappa shape index (κ3) is 2.69. The molecule has 0 saturated carbocycles. The summed E-state index contributed by atoms with van der Waals surface area (Å²) >= 11 is 0. The van der Waals surface area contributed by atoms with Crippen LogP contribution in [0.1, 0.15) is 19.3 Å². The molecule has 0 aliphatic carbocycles. The van der Waals surface area contributed by atoms with Crippen molar-refractivity contribution in [2.75, 3.05) is 25.2 Å². The van der Waals surface area contributed by atoms with Crippen molar-refractivity contribution in [3.05, 3.63) is 0 Å². The number of hydrogen-bond donors (Lipinski definition) is 0. The predicted molar refractivity (Wildman–Crippen MR) is 52.4 cm³/mol. The molecule has 0 aromatic heterocycles. The molecule has 0 radical (unpaired) electrons. The predicted octanol–water partition coefficient (Wildman–Crippen LogP) is 0.741. The lowest BCUT2D eigenvalue weighted by atomic mass is 9.85. The summed E-state index contributed by atoms with van der Waals surface area (Å²) in [4.78, 5) is 0. The molecular weight excluding hydrogens is 202 g/mol. The van der Waals surface area contributed by atoms with Crippen molar-refractivity contribution in [2.24, 2.45) is 5.41 Å². The van der Waals surface area contributed by atoms with Crippen LogP contribution in [0.5, 0.6) is 0 Å². The minimum absolute atomic E-state index is 0.0280. The highest BCUT2D eigenvalue weighted by Gasteiger charge is 2.41. The van der Waals surface area contributed by atoms with Gasteiger partial charge in [0.2, 0.25) is 0 Å². The molecule has 1 fully saturated rings.